The molecule has 0 saturated carbocycles. The van der Waals surface area contributed by atoms with Crippen molar-refractivity contribution in [1.82, 2.24) is 4.98 Å². The van der Waals surface area contributed by atoms with Crippen molar-refractivity contribution in [2.75, 3.05) is 5.32 Å². The predicted molar refractivity (Wildman–Crippen MR) is 76.7 cm³/mol. The summed E-state index contributed by atoms with van der Waals surface area (Å²) in [7, 11) is 0. The summed E-state index contributed by atoms with van der Waals surface area (Å²) < 4.78 is 0. The van der Waals surface area contributed by atoms with Crippen LogP contribution in [0.3, 0.4) is 0 Å². The van der Waals surface area contributed by atoms with E-state index in [-0.39, 0.29) is 0 Å². The molecular formula is C16H20N2. The number of anilines is 1. The summed E-state index contributed by atoms with van der Waals surface area (Å²) in [6, 6.07) is 17.1. The monoisotopic (exact) mass is 240 g/mol. The highest BCUT2D eigenvalue weighted by atomic mass is 15.0. The molecule has 1 unspecified atom stereocenters. The Labute approximate surface area is 109 Å². The van der Waals surface area contributed by atoms with Crippen LogP contribution in [0.2, 0.25) is 0 Å². The van der Waals surface area contributed by atoms with Gasteiger partial charge in [-0.1, -0.05) is 43.3 Å². The van der Waals surface area contributed by atoms with E-state index in [0.29, 0.717) is 6.04 Å². The lowest BCUT2D eigenvalue weighted by atomic mass is 10.0. The van der Waals surface area contributed by atoms with Crippen molar-refractivity contribution in [1.29, 1.82) is 0 Å². The second-order valence-corrected chi connectivity index (χ2v) is 4.49. The Morgan fingerprint density at radius 3 is 2.50 bits per heavy atom. The van der Waals surface area contributed by atoms with Crippen LogP contribution in [0.5, 0.6) is 0 Å². The first-order valence-corrected chi connectivity index (χ1v) is 6.60. The summed E-state index contributed by atoms with van der Waals surface area (Å²) in [6.07, 6.45) is 5.19. The predicted octanol–water partition coefficient (Wildman–Crippen LogP) is 3.90. The van der Waals surface area contributed by atoms with E-state index >= 15 is 0 Å². The van der Waals surface area contributed by atoms with E-state index in [1.54, 1.807) is 0 Å². The molecule has 1 aromatic carbocycles. The second kappa shape index (κ2) is 6.80. The normalized spacial score (nSPS) is 12.1. The van der Waals surface area contributed by atoms with Gasteiger partial charge in [0.2, 0.25) is 0 Å². The molecule has 2 heteroatoms. The van der Waals surface area contributed by atoms with Crippen LogP contribution in [-0.4, -0.2) is 11.0 Å². The molecule has 0 fully saturated rings. The molecule has 2 nitrogen and oxygen atoms in total. The van der Waals surface area contributed by atoms with Gasteiger partial charge in [0, 0.05) is 12.2 Å². The quantitative estimate of drug-likeness (QED) is 0.828. The van der Waals surface area contributed by atoms with Crippen molar-refractivity contribution in [2.45, 2.75) is 32.2 Å². The molecule has 1 N–H and O–H groups in total. The molecule has 1 aromatic heterocycles. The minimum atomic E-state index is 0.486. The molecule has 0 aliphatic heterocycles. The molecular weight excluding hydrogens is 220 g/mol. The third kappa shape index (κ3) is 3.88. The standard InChI is InChI=1S/C16H20N2/c1-2-15(18-16-10-6-7-13-17-16)12-11-14-8-4-3-5-9-14/h3-10,13,15H,2,11-12H2,1H3,(H,17,18). The smallest absolute Gasteiger partial charge is 0.126 e. The van der Waals surface area contributed by atoms with Gasteiger partial charge < -0.3 is 5.32 Å². The summed E-state index contributed by atoms with van der Waals surface area (Å²) in [6.45, 7) is 2.21. The van der Waals surface area contributed by atoms with Crippen LogP contribution in [-0.2, 0) is 6.42 Å². The fourth-order valence-corrected chi connectivity index (χ4v) is 2.02. The number of nitrogens with zero attached hydrogens (tertiary/aromatic N) is 1. The Bertz CT molecular complexity index is 439. The molecule has 0 saturated heterocycles. The van der Waals surface area contributed by atoms with Crippen molar-refractivity contribution in [3.63, 3.8) is 0 Å². The Balaban J connectivity index is 1.86. The Morgan fingerprint density at radius 1 is 1.06 bits per heavy atom. The van der Waals surface area contributed by atoms with Gasteiger partial charge >= 0.3 is 0 Å². The molecule has 0 bridgehead atoms. The molecule has 0 aliphatic carbocycles. The van der Waals surface area contributed by atoms with Gasteiger partial charge in [0.15, 0.2) is 0 Å². The van der Waals surface area contributed by atoms with Crippen LogP contribution in [0.15, 0.2) is 54.7 Å². The maximum Gasteiger partial charge on any atom is 0.126 e. The number of nitrogens with one attached hydrogen (secondary N) is 1. The van der Waals surface area contributed by atoms with Crippen LogP contribution in [0.1, 0.15) is 25.3 Å². The highest BCUT2D eigenvalue weighted by molar-refractivity contribution is 5.34. The lowest BCUT2D eigenvalue weighted by molar-refractivity contribution is 0.631. The van der Waals surface area contributed by atoms with Crippen molar-refractivity contribution in [3.05, 3.63) is 60.3 Å². The summed E-state index contributed by atoms with van der Waals surface area (Å²) in [4.78, 5) is 4.31. The van der Waals surface area contributed by atoms with E-state index in [4.69, 9.17) is 0 Å². The molecule has 94 valence electrons. The van der Waals surface area contributed by atoms with Gasteiger partial charge in [0.25, 0.3) is 0 Å². The Morgan fingerprint density at radius 2 is 1.83 bits per heavy atom. The van der Waals surface area contributed by atoms with Gasteiger partial charge in [0.05, 0.1) is 0 Å². The minimum absolute atomic E-state index is 0.486. The molecule has 0 aliphatic rings. The topological polar surface area (TPSA) is 24.9 Å². The number of benzene rings is 1. The lowest BCUT2D eigenvalue weighted by Crippen LogP contribution is -2.19. The van der Waals surface area contributed by atoms with Gasteiger partial charge in [-0.25, -0.2) is 4.98 Å². The van der Waals surface area contributed by atoms with E-state index in [1.165, 1.54) is 5.56 Å². The first-order chi connectivity index (χ1) is 8.88. The number of aromatic nitrogens is 1. The van der Waals surface area contributed by atoms with Crippen molar-refractivity contribution in [2.24, 2.45) is 0 Å². The first-order valence-electron chi connectivity index (χ1n) is 6.60. The zero-order valence-corrected chi connectivity index (χ0v) is 10.8. The highest BCUT2D eigenvalue weighted by Gasteiger charge is 2.06. The zero-order chi connectivity index (χ0) is 12.6. The van der Waals surface area contributed by atoms with E-state index in [0.717, 1.165) is 25.1 Å². The third-order valence-electron chi connectivity index (χ3n) is 3.13. The second-order valence-electron chi connectivity index (χ2n) is 4.49. The fraction of sp³-hybridized carbons (Fsp3) is 0.312. The Kier molecular flexibility index (Phi) is 4.77. The number of hydrogen-bond donors (Lipinski definition) is 1. The lowest BCUT2D eigenvalue weighted by Gasteiger charge is -2.17. The molecule has 2 rings (SSSR count). The molecule has 1 heterocycles. The first kappa shape index (κ1) is 12.6. The molecule has 0 radical (unpaired) electrons. The van der Waals surface area contributed by atoms with Crippen LogP contribution in [0.25, 0.3) is 0 Å². The molecule has 2 aromatic rings. The largest absolute Gasteiger partial charge is 0.367 e. The maximum atomic E-state index is 4.31. The van der Waals surface area contributed by atoms with E-state index in [2.05, 4.69) is 47.6 Å². The van der Waals surface area contributed by atoms with E-state index in [1.807, 2.05) is 24.4 Å². The number of hydrogen-bond acceptors (Lipinski definition) is 2. The summed E-state index contributed by atoms with van der Waals surface area (Å²) >= 11 is 0. The minimum Gasteiger partial charge on any atom is -0.367 e. The van der Waals surface area contributed by atoms with Gasteiger partial charge in [-0.2, -0.15) is 0 Å². The third-order valence-corrected chi connectivity index (χ3v) is 3.13. The van der Waals surface area contributed by atoms with Crippen molar-refractivity contribution in [3.8, 4) is 0 Å². The zero-order valence-electron chi connectivity index (χ0n) is 10.8. The number of aryl methyl sites for hydroxylation is 1. The molecule has 18 heavy (non-hydrogen) atoms. The Hall–Kier alpha value is -1.83. The average Bonchev–Trinajstić information content (AvgIpc) is 2.45. The van der Waals surface area contributed by atoms with Crippen molar-refractivity contribution >= 4 is 5.82 Å². The summed E-state index contributed by atoms with van der Waals surface area (Å²) in [5.74, 6) is 0.970. The van der Waals surface area contributed by atoms with E-state index in [9.17, 15) is 0 Å². The SMILES string of the molecule is CCC(CCc1ccccc1)Nc1ccccn1. The molecule has 0 amide bonds. The number of rotatable bonds is 6. The van der Waals surface area contributed by atoms with E-state index < -0.39 is 0 Å². The van der Waals surface area contributed by atoms with Gasteiger partial charge in [0.1, 0.15) is 5.82 Å². The molecule has 1 atom stereocenters. The van der Waals surface area contributed by atoms with Crippen molar-refractivity contribution < 1.29 is 0 Å². The number of pyridine rings is 1. The van der Waals surface area contributed by atoms with Gasteiger partial charge in [-0.05, 0) is 37.0 Å². The average molecular weight is 240 g/mol. The summed E-state index contributed by atoms with van der Waals surface area (Å²) in [5, 5.41) is 3.49. The van der Waals surface area contributed by atoms with Crippen LogP contribution in [0.4, 0.5) is 5.82 Å². The van der Waals surface area contributed by atoms with Crippen LogP contribution in [0, 0.1) is 0 Å². The van der Waals surface area contributed by atoms with Crippen LogP contribution < -0.4 is 5.32 Å². The van der Waals surface area contributed by atoms with Gasteiger partial charge in [-0.3, -0.25) is 0 Å². The maximum absolute atomic E-state index is 4.31. The van der Waals surface area contributed by atoms with Gasteiger partial charge in [-0.15, -0.1) is 0 Å². The molecule has 0 spiro atoms. The van der Waals surface area contributed by atoms with Crippen LogP contribution >= 0.6 is 0 Å². The fourth-order valence-electron chi connectivity index (χ4n) is 2.02. The summed E-state index contributed by atoms with van der Waals surface area (Å²) in [5.41, 5.74) is 1.40. The highest BCUT2D eigenvalue weighted by Crippen LogP contribution is 2.11.